The summed E-state index contributed by atoms with van der Waals surface area (Å²) < 4.78 is 61.2. The van der Waals surface area contributed by atoms with Crippen LogP contribution in [-0.2, 0) is 20.0 Å². The molecular formula is C52H45Cl3N6O10S4. The number of thiophene rings is 2. The molecule has 3 aromatic heterocycles. The van der Waals surface area contributed by atoms with Crippen LogP contribution in [0.2, 0.25) is 10.0 Å². The number of amides is 2. The fourth-order valence-electron chi connectivity index (χ4n) is 7.86. The van der Waals surface area contributed by atoms with E-state index in [1.807, 2.05) is 31.2 Å². The van der Waals surface area contributed by atoms with E-state index < -0.39 is 37.0 Å². The van der Waals surface area contributed by atoms with Crippen molar-refractivity contribution < 1.29 is 45.7 Å². The van der Waals surface area contributed by atoms with Crippen LogP contribution in [0, 0.1) is 12.3 Å². The van der Waals surface area contributed by atoms with Crippen LogP contribution in [-0.4, -0.2) is 126 Å². The van der Waals surface area contributed by atoms with Crippen molar-refractivity contribution in [2.45, 2.75) is 34.3 Å². The maximum absolute atomic E-state index is 13.4. The molecule has 388 valence electrons. The van der Waals surface area contributed by atoms with E-state index >= 15 is 0 Å². The minimum absolute atomic E-state index is 0.0739. The van der Waals surface area contributed by atoms with Crippen LogP contribution in [0.3, 0.4) is 0 Å². The van der Waals surface area contributed by atoms with E-state index in [2.05, 4.69) is 16.2 Å². The summed E-state index contributed by atoms with van der Waals surface area (Å²) in [5.41, 5.74) is 2.05. The first kappa shape index (κ1) is 56.2. The van der Waals surface area contributed by atoms with Crippen molar-refractivity contribution in [3.8, 4) is 23.0 Å². The van der Waals surface area contributed by atoms with Gasteiger partial charge in [-0.15, -0.1) is 29.1 Å². The molecule has 0 radical (unpaired) electrons. The predicted octanol–water partition coefficient (Wildman–Crippen LogP) is 9.64. The number of aromatic nitrogens is 1. The van der Waals surface area contributed by atoms with Crippen molar-refractivity contribution in [1.82, 2.24) is 23.6 Å². The van der Waals surface area contributed by atoms with Crippen LogP contribution in [0.25, 0.3) is 10.6 Å². The van der Waals surface area contributed by atoms with Crippen molar-refractivity contribution in [1.29, 1.82) is 0 Å². The van der Waals surface area contributed by atoms with Gasteiger partial charge in [0.1, 0.15) is 8.42 Å². The first-order valence-corrected chi connectivity index (χ1v) is 28.3. The maximum atomic E-state index is 13.4. The third kappa shape index (κ3) is 13.5. The van der Waals surface area contributed by atoms with E-state index in [4.69, 9.17) is 51.0 Å². The number of carbonyl (C=O) groups is 4. The van der Waals surface area contributed by atoms with E-state index in [9.17, 15) is 36.0 Å². The minimum atomic E-state index is -3.80. The number of terminal acetylenes is 1. The third-order valence-electron chi connectivity index (χ3n) is 11.7. The van der Waals surface area contributed by atoms with Crippen LogP contribution < -0.4 is 0 Å². The Balaban J connectivity index is 0.000000185. The summed E-state index contributed by atoms with van der Waals surface area (Å²) in [4.78, 5) is 53.8. The van der Waals surface area contributed by atoms with Gasteiger partial charge in [0.15, 0.2) is 11.5 Å². The molecule has 1 N–H and O–H groups in total. The highest BCUT2D eigenvalue weighted by Crippen LogP contribution is 2.35. The molecule has 0 aliphatic carbocycles. The molecule has 0 saturated carbocycles. The fourth-order valence-corrected chi connectivity index (χ4v) is 14.1. The number of sulfonamides is 2. The van der Waals surface area contributed by atoms with Crippen molar-refractivity contribution in [2.24, 2.45) is 5.16 Å². The number of hydrogen-bond donors (Lipinski definition) is 1. The van der Waals surface area contributed by atoms with Gasteiger partial charge >= 0.3 is 0 Å². The molecule has 0 unspecified atom stereocenters. The first-order valence-electron chi connectivity index (χ1n) is 22.7. The Bertz CT molecular complexity index is 3480. The normalized spacial score (nSPS) is 16.4. The van der Waals surface area contributed by atoms with Crippen LogP contribution >= 0.6 is 57.5 Å². The van der Waals surface area contributed by atoms with E-state index in [-0.39, 0.29) is 50.8 Å². The van der Waals surface area contributed by atoms with Gasteiger partial charge in [0, 0.05) is 89.7 Å². The van der Waals surface area contributed by atoms with Crippen molar-refractivity contribution in [2.75, 3.05) is 39.3 Å². The summed E-state index contributed by atoms with van der Waals surface area (Å²) in [7, 11) is -7.39. The van der Waals surface area contributed by atoms with Crippen LogP contribution in [0.15, 0.2) is 158 Å². The van der Waals surface area contributed by atoms with Crippen molar-refractivity contribution in [3.63, 3.8) is 0 Å². The van der Waals surface area contributed by atoms with E-state index in [0.717, 1.165) is 22.7 Å². The van der Waals surface area contributed by atoms with Gasteiger partial charge in [-0.3, -0.25) is 19.2 Å². The molecule has 2 saturated heterocycles. The number of rotatable bonds is 11. The lowest BCUT2D eigenvalue weighted by Crippen LogP contribution is -2.55. The predicted molar refractivity (Wildman–Crippen MR) is 289 cm³/mol. The number of Topliss-reactive ketones (excluding diaryl/α,β-unsaturated/α-hetero) is 1. The molecule has 7 aromatic rings. The minimum Gasteiger partial charge on any atom is -0.410 e. The lowest BCUT2D eigenvalue weighted by molar-refractivity contribution is 0.0637. The highest BCUT2D eigenvalue weighted by molar-refractivity contribution is 7.91. The Kier molecular flexibility index (Phi) is 18.7. The summed E-state index contributed by atoms with van der Waals surface area (Å²) in [6.45, 7) is 5.39. The molecule has 5 heterocycles. The monoisotopic (exact) mass is 1150 g/mol. The number of carbonyl (C=O) groups excluding carboxylic acids is 4. The topological polar surface area (TPSA) is 208 Å². The molecule has 2 aliphatic heterocycles. The molecule has 2 atom stereocenters. The van der Waals surface area contributed by atoms with Gasteiger partial charge in [-0.05, 0) is 111 Å². The van der Waals surface area contributed by atoms with Gasteiger partial charge in [0.05, 0.1) is 9.75 Å². The van der Waals surface area contributed by atoms with Crippen LogP contribution in [0.1, 0.15) is 65.9 Å². The quantitative estimate of drug-likeness (QED) is 0.0424. The molecule has 9 rings (SSSR count). The highest BCUT2D eigenvalue weighted by Gasteiger charge is 2.38. The van der Waals surface area contributed by atoms with Crippen molar-refractivity contribution >= 4 is 106 Å². The molecule has 75 heavy (non-hydrogen) atoms. The number of nitrogens with zero attached hydrogens (tertiary/aromatic N) is 6. The molecule has 0 bridgehead atoms. The van der Waals surface area contributed by atoms with Gasteiger partial charge in [-0.25, -0.2) is 16.8 Å². The molecule has 4 aromatic carbocycles. The summed E-state index contributed by atoms with van der Waals surface area (Å²) in [6.07, 6.45) is 5.33. The largest absolute Gasteiger partial charge is 0.410 e. The number of oxime groups is 1. The summed E-state index contributed by atoms with van der Waals surface area (Å²) in [5, 5.41) is 15.3. The highest BCUT2D eigenvalue weighted by atomic mass is 35.5. The lowest BCUT2D eigenvalue weighted by atomic mass is 10.1. The van der Waals surface area contributed by atoms with Gasteiger partial charge in [-0.1, -0.05) is 87.4 Å². The molecule has 23 heteroatoms. The maximum Gasteiger partial charge on any atom is 0.253 e. The number of hydrogen-bond acceptors (Lipinski definition) is 14. The number of halogens is 3. The average Bonchev–Trinajstić information content (AvgIpc) is 4.24. The van der Waals surface area contributed by atoms with Crippen LogP contribution in [0.5, 0.6) is 0 Å². The Morgan fingerprint density at radius 3 is 1.57 bits per heavy atom. The average molecular weight is 1150 g/mol. The van der Waals surface area contributed by atoms with Gasteiger partial charge in [0.2, 0.25) is 16.7 Å². The Morgan fingerprint density at radius 1 is 0.653 bits per heavy atom. The Morgan fingerprint density at radius 2 is 1.12 bits per heavy atom. The lowest BCUT2D eigenvalue weighted by Gasteiger charge is -2.38. The molecule has 2 aliphatic rings. The second-order valence-electron chi connectivity index (χ2n) is 16.7. The third-order valence-corrected chi connectivity index (χ3v) is 19.5. The molecule has 0 spiro atoms. The summed E-state index contributed by atoms with van der Waals surface area (Å²) >= 11 is 18.9. The molecule has 2 amide bonds. The van der Waals surface area contributed by atoms with Crippen LogP contribution in [0.4, 0.5) is 0 Å². The molecule has 2 fully saturated rings. The fraction of sp³-hybridized carbons (Fsp3) is 0.192. The van der Waals surface area contributed by atoms with E-state index in [1.165, 1.54) is 32.9 Å². The van der Waals surface area contributed by atoms with Gasteiger partial charge < -0.3 is 19.5 Å². The SMILES string of the molecule is C#Cc1ccc(S(=O)(=O)N2CCN(C(=O)c3ccccc3)C[C@H]2C)s1.C[C@@H]1CN(C(=O)c2ccccc2)CCN1S(=O)(=O)c1ccc(-c2cc(C(=O)c3ccc(Cl)cc3)no2)s1.O=C(/C(Cl)=N/O)c1ccc(Cl)cc1. The summed E-state index contributed by atoms with van der Waals surface area (Å²) in [6, 6.07) is 37.6. The molecule has 16 nitrogen and oxygen atoms in total. The number of benzene rings is 4. The standard InChI is InChI=1S/C26H22ClN3O5S2.C18H18N2O3S2.C8H5Cl2NO2/c1-17-16-29(26(32)19-5-3-2-4-6-19)13-14-30(17)37(33,34)24-12-11-23(36-24)22-15-21(28-35-22)25(31)18-7-9-20(27)10-8-18;1-3-16-9-10-17(24-16)25(22,23)20-12-11-19(13-14(20)2)18(21)15-7-5-4-6-8-15;9-6-3-1-5(2-4-6)7(12)8(10)11-13/h2-12,15,17H,13-14,16H2,1H3;1,4-10,14H,11-13H2,2H3;1-4,13H/b;;11-8-/t17-;14-;/m11./s1. The number of ketones is 2. The summed E-state index contributed by atoms with van der Waals surface area (Å²) in [5.74, 6) is 1.70. The zero-order valence-corrected chi connectivity index (χ0v) is 45.4. The Labute approximate surface area is 456 Å². The number of piperazine rings is 2. The second-order valence-corrected chi connectivity index (χ2v) is 24.3. The van der Waals surface area contributed by atoms with Gasteiger partial charge in [-0.2, -0.15) is 8.61 Å². The van der Waals surface area contributed by atoms with E-state index in [0.29, 0.717) is 74.0 Å². The Hall–Kier alpha value is -6.51. The smallest absolute Gasteiger partial charge is 0.253 e. The zero-order valence-electron chi connectivity index (χ0n) is 39.8. The van der Waals surface area contributed by atoms with Crippen molar-refractivity contribution in [3.05, 3.63) is 182 Å². The van der Waals surface area contributed by atoms with Gasteiger partial charge in [0.25, 0.3) is 31.9 Å². The second kappa shape index (κ2) is 24.9. The molecular weight excluding hydrogens is 1100 g/mol. The zero-order chi connectivity index (χ0) is 54.0. The first-order chi connectivity index (χ1) is 35.8. The van der Waals surface area contributed by atoms with E-state index in [1.54, 1.807) is 108 Å².